The van der Waals surface area contributed by atoms with E-state index in [1.807, 2.05) is 30.3 Å². The standard InChI is InChI=1S/C24H26N2O3S/c1-18-4-3-5-23(14-18)22-12-10-20(11-13-22)16-26-24(27)25-15-19-6-8-21(9-7-19)17-30(2,28)29/h3-14H,15-17H2,1-2H3,(H2,25,26,27). The van der Waals surface area contributed by atoms with Gasteiger partial charge in [0.15, 0.2) is 9.84 Å². The van der Waals surface area contributed by atoms with Crippen molar-refractivity contribution in [3.8, 4) is 11.1 Å². The Morgan fingerprint density at radius 3 is 1.83 bits per heavy atom. The van der Waals surface area contributed by atoms with Gasteiger partial charge in [-0.05, 0) is 34.7 Å². The molecule has 0 heterocycles. The molecule has 0 aliphatic rings. The summed E-state index contributed by atoms with van der Waals surface area (Å²) < 4.78 is 22.7. The Morgan fingerprint density at radius 1 is 0.767 bits per heavy atom. The van der Waals surface area contributed by atoms with Gasteiger partial charge in [0.2, 0.25) is 0 Å². The molecule has 0 saturated carbocycles. The molecule has 3 aromatic rings. The third-order valence-electron chi connectivity index (χ3n) is 4.66. The lowest BCUT2D eigenvalue weighted by Crippen LogP contribution is -2.34. The third kappa shape index (κ3) is 6.74. The average molecular weight is 423 g/mol. The van der Waals surface area contributed by atoms with Crippen LogP contribution in [-0.2, 0) is 28.7 Å². The van der Waals surface area contributed by atoms with E-state index in [0.717, 1.165) is 22.3 Å². The van der Waals surface area contributed by atoms with Gasteiger partial charge < -0.3 is 10.6 Å². The van der Waals surface area contributed by atoms with Crippen LogP contribution in [0.3, 0.4) is 0 Å². The quantitative estimate of drug-likeness (QED) is 0.599. The molecule has 0 radical (unpaired) electrons. The van der Waals surface area contributed by atoms with E-state index in [1.165, 1.54) is 17.4 Å². The zero-order valence-corrected chi connectivity index (χ0v) is 18.0. The fourth-order valence-electron chi connectivity index (χ4n) is 3.12. The molecule has 2 N–H and O–H groups in total. The first-order valence-corrected chi connectivity index (χ1v) is 11.8. The van der Waals surface area contributed by atoms with E-state index in [4.69, 9.17) is 0 Å². The van der Waals surface area contributed by atoms with Crippen LogP contribution in [0.4, 0.5) is 4.79 Å². The fourth-order valence-corrected chi connectivity index (χ4v) is 3.92. The zero-order valence-electron chi connectivity index (χ0n) is 17.2. The van der Waals surface area contributed by atoms with Crippen LogP contribution in [0.5, 0.6) is 0 Å². The molecule has 2 amide bonds. The van der Waals surface area contributed by atoms with Gasteiger partial charge in [0.25, 0.3) is 0 Å². The van der Waals surface area contributed by atoms with Crippen LogP contribution in [0.25, 0.3) is 11.1 Å². The van der Waals surface area contributed by atoms with Crippen molar-refractivity contribution in [3.63, 3.8) is 0 Å². The molecular weight excluding hydrogens is 396 g/mol. The van der Waals surface area contributed by atoms with Crippen molar-refractivity contribution in [2.45, 2.75) is 25.8 Å². The Labute approximate surface area is 178 Å². The first-order valence-electron chi connectivity index (χ1n) is 9.72. The molecule has 0 aliphatic heterocycles. The van der Waals surface area contributed by atoms with Gasteiger partial charge in [0.1, 0.15) is 0 Å². The van der Waals surface area contributed by atoms with Crippen molar-refractivity contribution >= 4 is 15.9 Å². The molecular formula is C24H26N2O3S. The van der Waals surface area contributed by atoms with Crippen LogP contribution in [0.15, 0.2) is 72.8 Å². The van der Waals surface area contributed by atoms with E-state index < -0.39 is 9.84 Å². The Morgan fingerprint density at radius 2 is 1.30 bits per heavy atom. The van der Waals surface area contributed by atoms with E-state index in [9.17, 15) is 13.2 Å². The highest BCUT2D eigenvalue weighted by molar-refractivity contribution is 7.89. The second kappa shape index (κ2) is 9.59. The zero-order chi connectivity index (χ0) is 21.6. The van der Waals surface area contributed by atoms with E-state index in [0.29, 0.717) is 13.1 Å². The summed E-state index contributed by atoms with van der Waals surface area (Å²) in [6.07, 6.45) is 1.21. The summed E-state index contributed by atoms with van der Waals surface area (Å²) in [6.45, 7) is 2.88. The topological polar surface area (TPSA) is 75.3 Å². The van der Waals surface area contributed by atoms with Crippen LogP contribution in [0.2, 0.25) is 0 Å². The molecule has 0 spiro atoms. The number of rotatable bonds is 7. The van der Waals surface area contributed by atoms with Gasteiger partial charge >= 0.3 is 6.03 Å². The van der Waals surface area contributed by atoms with Crippen LogP contribution in [-0.4, -0.2) is 20.7 Å². The summed E-state index contributed by atoms with van der Waals surface area (Å²) in [4.78, 5) is 12.1. The van der Waals surface area contributed by atoms with E-state index in [-0.39, 0.29) is 11.8 Å². The van der Waals surface area contributed by atoms with Crippen molar-refractivity contribution in [2.24, 2.45) is 0 Å². The number of amides is 2. The maximum atomic E-state index is 12.1. The molecule has 0 unspecified atom stereocenters. The number of sulfone groups is 1. The molecule has 3 aromatic carbocycles. The smallest absolute Gasteiger partial charge is 0.315 e. The maximum absolute atomic E-state index is 12.1. The highest BCUT2D eigenvalue weighted by Gasteiger charge is 2.05. The summed E-state index contributed by atoms with van der Waals surface area (Å²) in [5.74, 6) is 0.0177. The van der Waals surface area contributed by atoms with Gasteiger partial charge in [-0.3, -0.25) is 0 Å². The first-order chi connectivity index (χ1) is 14.3. The number of nitrogens with one attached hydrogen (secondary N) is 2. The summed E-state index contributed by atoms with van der Waals surface area (Å²) in [7, 11) is -3.05. The number of hydrogen-bond acceptors (Lipinski definition) is 3. The molecule has 0 atom stereocenters. The Hall–Kier alpha value is -3.12. The first kappa shape index (κ1) is 21.6. The molecule has 0 aromatic heterocycles. The molecule has 30 heavy (non-hydrogen) atoms. The van der Waals surface area contributed by atoms with Crippen molar-refractivity contribution in [2.75, 3.05) is 6.26 Å². The minimum atomic E-state index is -3.05. The molecule has 0 saturated heterocycles. The minimum absolute atomic E-state index is 0.0177. The number of carbonyl (C=O) groups is 1. The van der Waals surface area contributed by atoms with Gasteiger partial charge in [0, 0.05) is 19.3 Å². The lowest BCUT2D eigenvalue weighted by molar-refractivity contribution is 0.240. The van der Waals surface area contributed by atoms with Gasteiger partial charge in [-0.25, -0.2) is 13.2 Å². The Balaban J connectivity index is 1.46. The second-order valence-corrected chi connectivity index (χ2v) is 9.63. The van der Waals surface area contributed by atoms with Crippen LogP contribution < -0.4 is 10.6 Å². The van der Waals surface area contributed by atoms with Gasteiger partial charge in [0.05, 0.1) is 5.75 Å². The van der Waals surface area contributed by atoms with Crippen molar-refractivity contribution in [1.29, 1.82) is 0 Å². The Kier molecular flexibility index (Phi) is 6.90. The van der Waals surface area contributed by atoms with Gasteiger partial charge in [-0.1, -0.05) is 78.4 Å². The monoisotopic (exact) mass is 422 g/mol. The third-order valence-corrected chi connectivity index (χ3v) is 5.52. The molecule has 3 rings (SSSR count). The predicted octanol–water partition coefficient (Wildman–Crippen LogP) is 4.21. The van der Waals surface area contributed by atoms with E-state index >= 15 is 0 Å². The summed E-state index contributed by atoms with van der Waals surface area (Å²) in [5.41, 5.74) is 6.21. The Bertz CT molecular complexity index is 1110. The van der Waals surface area contributed by atoms with Crippen molar-refractivity contribution < 1.29 is 13.2 Å². The second-order valence-electron chi connectivity index (χ2n) is 7.49. The highest BCUT2D eigenvalue weighted by atomic mass is 32.2. The predicted molar refractivity (Wildman–Crippen MR) is 121 cm³/mol. The van der Waals surface area contributed by atoms with Crippen molar-refractivity contribution in [3.05, 3.63) is 95.1 Å². The summed E-state index contributed by atoms with van der Waals surface area (Å²) in [5, 5.41) is 5.66. The molecule has 0 aliphatic carbocycles. The lowest BCUT2D eigenvalue weighted by atomic mass is 10.0. The van der Waals surface area contributed by atoms with Crippen molar-refractivity contribution in [1.82, 2.24) is 10.6 Å². The SMILES string of the molecule is Cc1cccc(-c2ccc(CNC(=O)NCc3ccc(CS(C)(=O)=O)cc3)cc2)c1. The maximum Gasteiger partial charge on any atom is 0.315 e. The highest BCUT2D eigenvalue weighted by Crippen LogP contribution is 2.20. The van der Waals surface area contributed by atoms with Gasteiger partial charge in [-0.2, -0.15) is 0 Å². The lowest BCUT2D eigenvalue weighted by Gasteiger charge is -2.09. The molecule has 6 heteroatoms. The number of benzene rings is 3. The van der Waals surface area contributed by atoms with Crippen LogP contribution in [0, 0.1) is 6.92 Å². The summed E-state index contributed by atoms with van der Waals surface area (Å²) in [6, 6.07) is 23.4. The number of carbonyl (C=O) groups excluding carboxylic acids is 1. The number of hydrogen-bond donors (Lipinski definition) is 2. The van der Waals surface area contributed by atoms with Crippen LogP contribution in [0.1, 0.15) is 22.3 Å². The molecule has 156 valence electrons. The average Bonchev–Trinajstić information content (AvgIpc) is 2.71. The largest absolute Gasteiger partial charge is 0.334 e. The van der Waals surface area contributed by atoms with Gasteiger partial charge in [-0.15, -0.1) is 0 Å². The number of aryl methyl sites for hydroxylation is 1. The molecule has 0 bridgehead atoms. The van der Waals surface area contributed by atoms with E-state index in [2.05, 4.69) is 47.9 Å². The van der Waals surface area contributed by atoms with Crippen LogP contribution >= 0.6 is 0 Å². The molecule has 0 fully saturated rings. The summed E-state index contributed by atoms with van der Waals surface area (Å²) >= 11 is 0. The van der Waals surface area contributed by atoms with E-state index in [1.54, 1.807) is 12.1 Å². The fraction of sp³-hybridized carbons (Fsp3) is 0.208. The normalized spacial score (nSPS) is 11.1. The minimum Gasteiger partial charge on any atom is -0.334 e. The molecule has 5 nitrogen and oxygen atoms in total. The number of urea groups is 1.